The van der Waals surface area contributed by atoms with Crippen LogP contribution in [0.1, 0.15) is 53.4 Å². The summed E-state index contributed by atoms with van der Waals surface area (Å²) in [4.78, 5) is 14.2. The van der Waals surface area contributed by atoms with Crippen LogP contribution >= 0.6 is 0 Å². The lowest BCUT2D eigenvalue weighted by Gasteiger charge is -2.28. The Morgan fingerprint density at radius 1 is 1.21 bits per heavy atom. The second-order valence-corrected chi connectivity index (χ2v) is 5.22. The molecule has 0 rings (SSSR count). The molecule has 114 valence electrons. The number of ether oxygens (including phenoxy) is 1. The summed E-state index contributed by atoms with van der Waals surface area (Å²) in [5.74, 6) is -0.137. The third-order valence-corrected chi connectivity index (χ3v) is 3.40. The fourth-order valence-corrected chi connectivity index (χ4v) is 2.11. The van der Waals surface area contributed by atoms with Crippen LogP contribution < -0.4 is 5.32 Å². The summed E-state index contributed by atoms with van der Waals surface area (Å²) in [6.07, 6.45) is 4.56. The molecule has 0 aromatic heterocycles. The average Bonchev–Trinajstić information content (AvgIpc) is 2.37. The Morgan fingerprint density at radius 3 is 2.37 bits per heavy atom. The molecular formula is C15H32N2O2. The molecule has 0 aliphatic heterocycles. The van der Waals surface area contributed by atoms with E-state index in [1.807, 2.05) is 14.0 Å². The summed E-state index contributed by atoms with van der Waals surface area (Å²) >= 11 is 0. The fraction of sp³-hybridized carbons (Fsp3) is 0.933. The van der Waals surface area contributed by atoms with E-state index in [2.05, 4.69) is 31.0 Å². The second kappa shape index (κ2) is 11.2. The summed E-state index contributed by atoms with van der Waals surface area (Å²) < 4.78 is 5.07. The van der Waals surface area contributed by atoms with Crippen LogP contribution in [0.4, 0.5) is 0 Å². The average molecular weight is 272 g/mol. The third-order valence-electron chi connectivity index (χ3n) is 3.40. The molecule has 0 bridgehead atoms. The van der Waals surface area contributed by atoms with Gasteiger partial charge in [-0.25, -0.2) is 0 Å². The summed E-state index contributed by atoms with van der Waals surface area (Å²) in [6, 6.07) is 0.337. The van der Waals surface area contributed by atoms with Crippen LogP contribution in [0.15, 0.2) is 0 Å². The lowest BCUT2D eigenvalue weighted by Crippen LogP contribution is -2.41. The maximum Gasteiger partial charge on any atom is 0.323 e. The van der Waals surface area contributed by atoms with E-state index in [0.29, 0.717) is 12.6 Å². The van der Waals surface area contributed by atoms with Crippen LogP contribution in [0.25, 0.3) is 0 Å². The van der Waals surface area contributed by atoms with Crippen LogP contribution in [-0.4, -0.2) is 49.7 Å². The zero-order valence-electron chi connectivity index (χ0n) is 13.4. The van der Waals surface area contributed by atoms with E-state index in [0.717, 1.165) is 19.5 Å². The molecule has 0 aliphatic carbocycles. The second-order valence-electron chi connectivity index (χ2n) is 5.22. The molecule has 0 aromatic carbocycles. The standard InChI is InChI=1S/C15H32N2O2/c1-6-8-9-11-17(13(3)4)12-10-14(16-5)15(18)19-7-2/h13-14,16H,6-12H2,1-5H3. The van der Waals surface area contributed by atoms with Gasteiger partial charge in [-0.2, -0.15) is 0 Å². The van der Waals surface area contributed by atoms with Gasteiger partial charge in [0.15, 0.2) is 0 Å². The molecule has 0 spiro atoms. The molecule has 0 heterocycles. The van der Waals surface area contributed by atoms with Gasteiger partial charge >= 0.3 is 5.97 Å². The molecule has 1 atom stereocenters. The smallest absolute Gasteiger partial charge is 0.323 e. The fourth-order valence-electron chi connectivity index (χ4n) is 2.11. The van der Waals surface area contributed by atoms with Crippen molar-refractivity contribution in [3.8, 4) is 0 Å². The number of unbranched alkanes of at least 4 members (excludes halogenated alkanes) is 2. The highest BCUT2D eigenvalue weighted by Crippen LogP contribution is 2.06. The summed E-state index contributed by atoms with van der Waals surface area (Å²) in [6.45, 7) is 11.0. The SMILES string of the molecule is CCCCCN(CCC(NC)C(=O)OCC)C(C)C. The number of carbonyl (C=O) groups is 1. The number of likely N-dealkylation sites (N-methyl/N-ethyl adjacent to an activating group) is 1. The van der Waals surface area contributed by atoms with Crippen LogP contribution in [0, 0.1) is 0 Å². The molecule has 1 N–H and O–H groups in total. The van der Waals surface area contributed by atoms with Gasteiger partial charge in [0.05, 0.1) is 6.61 Å². The Kier molecular flexibility index (Phi) is 10.9. The van der Waals surface area contributed by atoms with Gasteiger partial charge in [0.25, 0.3) is 0 Å². The first-order valence-corrected chi connectivity index (χ1v) is 7.64. The Morgan fingerprint density at radius 2 is 1.89 bits per heavy atom. The highest BCUT2D eigenvalue weighted by Gasteiger charge is 2.19. The summed E-state index contributed by atoms with van der Waals surface area (Å²) in [5, 5.41) is 3.05. The van der Waals surface area contributed by atoms with Crippen molar-refractivity contribution >= 4 is 5.97 Å². The molecule has 0 radical (unpaired) electrons. The van der Waals surface area contributed by atoms with Crippen LogP contribution in [-0.2, 0) is 9.53 Å². The Bertz CT molecular complexity index is 232. The van der Waals surface area contributed by atoms with Gasteiger partial charge in [-0.15, -0.1) is 0 Å². The van der Waals surface area contributed by atoms with E-state index in [-0.39, 0.29) is 12.0 Å². The highest BCUT2D eigenvalue weighted by molar-refractivity contribution is 5.75. The Labute approximate surface area is 118 Å². The Balaban J connectivity index is 4.16. The number of nitrogens with one attached hydrogen (secondary N) is 1. The molecule has 0 aliphatic rings. The van der Waals surface area contributed by atoms with E-state index in [1.165, 1.54) is 19.3 Å². The van der Waals surface area contributed by atoms with Crippen molar-refractivity contribution in [3.63, 3.8) is 0 Å². The van der Waals surface area contributed by atoms with Crippen molar-refractivity contribution < 1.29 is 9.53 Å². The molecule has 19 heavy (non-hydrogen) atoms. The maximum atomic E-state index is 11.7. The van der Waals surface area contributed by atoms with Crippen molar-refractivity contribution in [2.45, 2.75) is 65.5 Å². The van der Waals surface area contributed by atoms with Crippen molar-refractivity contribution in [3.05, 3.63) is 0 Å². The monoisotopic (exact) mass is 272 g/mol. The Hall–Kier alpha value is -0.610. The molecule has 0 fully saturated rings. The molecule has 4 heteroatoms. The van der Waals surface area contributed by atoms with E-state index < -0.39 is 0 Å². The van der Waals surface area contributed by atoms with Crippen LogP contribution in [0.5, 0.6) is 0 Å². The predicted molar refractivity (Wildman–Crippen MR) is 80.3 cm³/mol. The molecule has 0 amide bonds. The topological polar surface area (TPSA) is 41.6 Å². The van der Waals surface area contributed by atoms with E-state index >= 15 is 0 Å². The van der Waals surface area contributed by atoms with E-state index in [4.69, 9.17) is 4.74 Å². The van der Waals surface area contributed by atoms with Crippen molar-refractivity contribution in [1.82, 2.24) is 10.2 Å². The maximum absolute atomic E-state index is 11.7. The first kappa shape index (κ1) is 18.4. The number of hydrogen-bond acceptors (Lipinski definition) is 4. The molecular weight excluding hydrogens is 240 g/mol. The van der Waals surface area contributed by atoms with Gasteiger partial charge in [-0.05, 0) is 47.2 Å². The number of hydrogen-bond donors (Lipinski definition) is 1. The zero-order chi connectivity index (χ0) is 14.7. The number of esters is 1. The lowest BCUT2D eigenvalue weighted by atomic mass is 10.1. The molecule has 0 aromatic rings. The van der Waals surface area contributed by atoms with Crippen molar-refractivity contribution in [1.29, 1.82) is 0 Å². The number of nitrogens with zero attached hydrogens (tertiary/aromatic N) is 1. The van der Waals surface area contributed by atoms with E-state index in [1.54, 1.807) is 0 Å². The number of rotatable bonds is 11. The van der Waals surface area contributed by atoms with Crippen molar-refractivity contribution in [2.24, 2.45) is 0 Å². The largest absolute Gasteiger partial charge is 0.465 e. The predicted octanol–water partition coefficient (Wildman–Crippen LogP) is 2.43. The van der Waals surface area contributed by atoms with Gasteiger partial charge < -0.3 is 15.0 Å². The van der Waals surface area contributed by atoms with Gasteiger partial charge in [0.1, 0.15) is 6.04 Å². The highest BCUT2D eigenvalue weighted by atomic mass is 16.5. The molecule has 0 saturated heterocycles. The van der Waals surface area contributed by atoms with Crippen LogP contribution in [0.2, 0.25) is 0 Å². The van der Waals surface area contributed by atoms with Gasteiger partial charge in [-0.1, -0.05) is 19.8 Å². The first-order valence-electron chi connectivity index (χ1n) is 7.64. The minimum atomic E-state index is -0.188. The van der Waals surface area contributed by atoms with Gasteiger partial charge in [-0.3, -0.25) is 4.79 Å². The molecule has 1 unspecified atom stereocenters. The zero-order valence-corrected chi connectivity index (χ0v) is 13.4. The summed E-state index contributed by atoms with van der Waals surface area (Å²) in [7, 11) is 1.82. The summed E-state index contributed by atoms with van der Waals surface area (Å²) in [5.41, 5.74) is 0. The van der Waals surface area contributed by atoms with Crippen molar-refractivity contribution in [2.75, 3.05) is 26.7 Å². The minimum absolute atomic E-state index is 0.137. The van der Waals surface area contributed by atoms with Gasteiger partial charge in [0.2, 0.25) is 0 Å². The first-order chi connectivity index (χ1) is 9.06. The minimum Gasteiger partial charge on any atom is -0.465 e. The van der Waals surface area contributed by atoms with E-state index in [9.17, 15) is 4.79 Å². The normalized spacial score (nSPS) is 13.0. The quantitative estimate of drug-likeness (QED) is 0.463. The third kappa shape index (κ3) is 8.22. The lowest BCUT2D eigenvalue weighted by molar-refractivity contribution is -0.145. The number of carbonyl (C=O) groups excluding carboxylic acids is 1. The molecule has 0 saturated carbocycles. The molecule has 4 nitrogen and oxygen atoms in total. The van der Waals surface area contributed by atoms with Crippen LogP contribution in [0.3, 0.4) is 0 Å². The van der Waals surface area contributed by atoms with Gasteiger partial charge in [0, 0.05) is 12.6 Å².